The molecule has 6 heteroatoms. The topological polar surface area (TPSA) is 55.4 Å². The number of benzene rings is 1. The predicted molar refractivity (Wildman–Crippen MR) is 74.6 cm³/mol. The molecule has 1 aromatic rings. The van der Waals surface area contributed by atoms with E-state index in [0.717, 1.165) is 22.3 Å². The number of sulfone groups is 1. The maximum Gasteiger partial charge on any atom is 0.154 e. The standard InChI is InChI=1S/C12H16BrNO3S/c1-14-7-9-6-10(2-3-12(9)13)17-11-4-5-18(15,16)8-11/h2-3,6,11,14H,4-5,7-8H2,1H3. The summed E-state index contributed by atoms with van der Waals surface area (Å²) < 4.78 is 29.5. The third-order valence-electron chi connectivity index (χ3n) is 2.88. The summed E-state index contributed by atoms with van der Waals surface area (Å²) in [6.07, 6.45) is 0.373. The SMILES string of the molecule is CNCc1cc(OC2CCS(=O)(=O)C2)ccc1Br. The van der Waals surface area contributed by atoms with Crippen molar-refractivity contribution in [2.45, 2.75) is 19.1 Å². The normalized spacial score (nSPS) is 22.0. The van der Waals surface area contributed by atoms with Crippen LogP contribution < -0.4 is 10.1 Å². The predicted octanol–water partition coefficient (Wildman–Crippen LogP) is 1.73. The van der Waals surface area contributed by atoms with Crippen LogP contribution in [0.4, 0.5) is 0 Å². The lowest BCUT2D eigenvalue weighted by Crippen LogP contribution is -2.18. The van der Waals surface area contributed by atoms with Crippen molar-refractivity contribution in [3.63, 3.8) is 0 Å². The van der Waals surface area contributed by atoms with Crippen LogP contribution in [-0.4, -0.2) is 33.1 Å². The van der Waals surface area contributed by atoms with Crippen molar-refractivity contribution in [1.29, 1.82) is 0 Å². The Morgan fingerprint density at radius 2 is 2.28 bits per heavy atom. The van der Waals surface area contributed by atoms with Crippen LogP contribution in [0.15, 0.2) is 22.7 Å². The molecule has 0 amide bonds. The van der Waals surface area contributed by atoms with Gasteiger partial charge in [-0.25, -0.2) is 8.42 Å². The molecule has 0 saturated carbocycles. The minimum absolute atomic E-state index is 0.129. The van der Waals surface area contributed by atoms with Crippen LogP contribution in [-0.2, 0) is 16.4 Å². The summed E-state index contributed by atoms with van der Waals surface area (Å²) in [5.74, 6) is 1.09. The first kappa shape index (κ1) is 13.8. The fraction of sp³-hybridized carbons (Fsp3) is 0.500. The Labute approximate surface area is 116 Å². The van der Waals surface area contributed by atoms with Gasteiger partial charge in [-0.2, -0.15) is 0 Å². The average Bonchev–Trinajstić information content (AvgIpc) is 2.63. The Morgan fingerprint density at radius 3 is 2.89 bits per heavy atom. The first-order valence-corrected chi connectivity index (χ1v) is 8.42. The van der Waals surface area contributed by atoms with Crippen molar-refractivity contribution in [1.82, 2.24) is 5.32 Å². The van der Waals surface area contributed by atoms with Gasteiger partial charge in [-0.15, -0.1) is 0 Å². The summed E-state index contributed by atoms with van der Waals surface area (Å²) in [6.45, 7) is 0.737. The first-order valence-electron chi connectivity index (χ1n) is 5.80. The third kappa shape index (κ3) is 3.46. The molecule has 1 aromatic carbocycles. The van der Waals surface area contributed by atoms with Gasteiger partial charge in [-0.3, -0.25) is 0 Å². The molecule has 1 N–H and O–H groups in total. The summed E-state index contributed by atoms with van der Waals surface area (Å²) in [4.78, 5) is 0. The van der Waals surface area contributed by atoms with Gasteiger partial charge >= 0.3 is 0 Å². The fourth-order valence-electron chi connectivity index (χ4n) is 2.00. The number of ether oxygens (including phenoxy) is 1. The minimum Gasteiger partial charge on any atom is -0.489 e. The number of hydrogen-bond acceptors (Lipinski definition) is 4. The Morgan fingerprint density at radius 1 is 1.50 bits per heavy atom. The number of hydrogen-bond donors (Lipinski definition) is 1. The molecule has 1 heterocycles. The Balaban J connectivity index is 2.08. The molecule has 100 valence electrons. The quantitative estimate of drug-likeness (QED) is 0.911. The maximum absolute atomic E-state index is 11.4. The van der Waals surface area contributed by atoms with E-state index in [1.807, 2.05) is 25.2 Å². The largest absolute Gasteiger partial charge is 0.489 e. The summed E-state index contributed by atoms with van der Waals surface area (Å²) in [5.41, 5.74) is 1.09. The highest BCUT2D eigenvalue weighted by Crippen LogP contribution is 2.25. The van der Waals surface area contributed by atoms with Gasteiger partial charge < -0.3 is 10.1 Å². The summed E-state index contributed by atoms with van der Waals surface area (Å²) in [5, 5.41) is 3.08. The van der Waals surface area contributed by atoms with Crippen LogP contribution in [0.3, 0.4) is 0 Å². The molecule has 1 saturated heterocycles. The Kier molecular flexibility index (Phi) is 4.29. The van der Waals surface area contributed by atoms with Crippen molar-refractivity contribution < 1.29 is 13.2 Å². The highest BCUT2D eigenvalue weighted by atomic mass is 79.9. The van der Waals surface area contributed by atoms with Gasteiger partial charge in [0.1, 0.15) is 11.9 Å². The average molecular weight is 334 g/mol. The van der Waals surface area contributed by atoms with Crippen molar-refractivity contribution in [3.05, 3.63) is 28.2 Å². The van der Waals surface area contributed by atoms with E-state index in [1.165, 1.54) is 0 Å². The van der Waals surface area contributed by atoms with Gasteiger partial charge in [0.25, 0.3) is 0 Å². The number of nitrogens with one attached hydrogen (secondary N) is 1. The van der Waals surface area contributed by atoms with Crippen molar-refractivity contribution in [2.24, 2.45) is 0 Å². The second-order valence-electron chi connectivity index (χ2n) is 4.43. The molecule has 0 aromatic heterocycles. The zero-order valence-electron chi connectivity index (χ0n) is 10.1. The molecule has 18 heavy (non-hydrogen) atoms. The summed E-state index contributed by atoms with van der Waals surface area (Å²) in [6, 6.07) is 5.71. The maximum atomic E-state index is 11.4. The zero-order valence-corrected chi connectivity index (χ0v) is 12.6. The summed E-state index contributed by atoms with van der Waals surface area (Å²) in [7, 11) is -1.01. The van der Waals surface area contributed by atoms with Crippen LogP contribution in [0.5, 0.6) is 5.75 Å². The van der Waals surface area contributed by atoms with Gasteiger partial charge in [0, 0.05) is 11.0 Å². The molecule has 0 radical (unpaired) electrons. The molecule has 1 atom stereocenters. The molecule has 0 bridgehead atoms. The molecule has 4 nitrogen and oxygen atoms in total. The molecule has 0 spiro atoms. The molecule has 0 aliphatic carbocycles. The van der Waals surface area contributed by atoms with Crippen molar-refractivity contribution >= 4 is 25.8 Å². The number of rotatable bonds is 4. The zero-order chi connectivity index (χ0) is 13.2. The highest BCUT2D eigenvalue weighted by Gasteiger charge is 2.29. The smallest absolute Gasteiger partial charge is 0.154 e. The van der Waals surface area contributed by atoms with Crippen LogP contribution in [0, 0.1) is 0 Å². The molecule has 1 unspecified atom stereocenters. The lowest BCUT2D eigenvalue weighted by molar-refractivity contribution is 0.228. The van der Waals surface area contributed by atoms with E-state index in [0.29, 0.717) is 6.42 Å². The first-order chi connectivity index (χ1) is 8.50. The fourth-order valence-corrected chi connectivity index (χ4v) is 3.97. The van der Waals surface area contributed by atoms with Crippen LogP contribution in [0.2, 0.25) is 0 Å². The van der Waals surface area contributed by atoms with Crippen molar-refractivity contribution in [3.8, 4) is 5.75 Å². The van der Waals surface area contributed by atoms with Crippen LogP contribution in [0.25, 0.3) is 0 Å². The van der Waals surface area contributed by atoms with E-state index in [2.05, 4.69) is 21.2 Å². The Hall–Kier alpha value is -0.590. The van der Waals surface area contributed by atoms with Gasteiger partial charge in [0.2, 0.25) is 0 Å². The second kappa shape index (κ2) is 5.59. The van der Waals surface area contributed by atoms with Crippen LogP contribution >= 0.6 is 15.9 Å². The van der Waals surface area contributed by atoms with Gasteiger partial charge in [0.15, 0.2) is 9.84 Å². The minimum atomic E-state index is -2.89. The van der Waals surface area contributed by atoms with Gasteiger partial charge in [-0.05, 0) is 37.2 Å². The Bertz CT molecular complexity index is 530. The van der Waals surface area contributed by atoms with E-state index in [1.54, 1.807) is 0 Å². The molecular weight excluding hydrogens is 318 g/mol. The number of halogens is 1. The van der Waals surface area contributed by atoms with E-state index in [4.69, 9.17) is 4.74 Å². The lowest BCUT2D eigenvalue weighted by atomic mass is 10.2. The molecule has 2 rings (SSSR count). The van der Waals surface area contributed by atoms with Gasteiger partial charge in [0.05, 0.1) is 11.5 Å². The summed E-state index contributed by atoms with van der Waals surface area (Å²) >= 11 is 3.47. The molecular formula is C12H16BrNO3S. The molecule has 1 aliphatic rings. The lowest BCUT2D eigenvalue weighted by Gasteiger charge is -2.13. The van der Waals surface area contributed by atoms with E-state index in [-0.39, 0.29) is 17.6 Å². The highest BCUT2D eigenvalue weighted by molar-refractivity contribution is 9.10. The van der Waals surface area contributed by atoms with Gasteiger partial charge in [-0.1, -0.05) is 15.9 Å². The van der Waals surface area contributed by atoms with Crippen molar-refractivity contribution in [2.75, 3.05) is 18.6 Å². The monoisotopic (exact) mass is 333 g/mol. The van der Waals surface area contributed by atoms with E-state index < -0.39 is 9.84 Å². The van der Waals surface area contributed by atoms with E-state index in [9.17, 15) is 8.42 Å². The van der Waals surface area contributed by atoms with Crippen LogP contribution in [0.1, 0.15) is 12.0 Å². The van der Waals surface area contributed by atoms with E-state index >= 15 is 0 Å². The third-order valence-corrected chi connectivity index (χ3v) is 5.39. The second-order valence-corrected chi connectivity index (χ2v) is 7.51. The molecule has 1 fully saturated rings. The molecule has 1 aliphatic heterocycles.